The predicted molar refractivity (Wildman–Crippen MR) is 87.7 cm³/mol. The van der Waals surface area contributed by atoms with Crippen LogP contribution in [0.4, 0.5) is 0 Å². The van der Waals surface area contributed by atoms with E-state index < -0.39 is 0 Å². The van der Waals surface area contributed by atoms with Gasteiger partial charge < -0.3 is 5.32 Å². The molecule has 0 aliphatic rings. The molecule has 0 radical (unpaired) electrons. The molecule has 2 aromatic heterocycles. The Morgan fingerprint density at radius 3 is 2.50 bits per heavy atom. The normalized spacial score (nSPS) is 10.7. The molecule has 2 heterocycles. The fourth-order valence-corrected chi connectivity index (χ4v) is 3.29. The number of thiophene rings is 1. The number of hydrogen-bond acceptors (Lipinski definition) is 4. The van der Waals surface area contributed by atoms with Gasteiger partial charge in [-0.2, -0.15) is 5.10 Å². The maximum Gasteiger partial charge on any atom is 0.261 e. The number of aromatic nitrogens is 2. The lowest BCUT2D eigenvalue weighted by molar-refractivity contribution is 0.0955. The van der Waals surface area contributed by atoms with Gasteiger partial charge in [-0.05, 0) is 44.9 Å². The molecule has 0 saturated heterocycles. The molecule has 6 heteroatoms. The van der Waals surface area contributed by atoms with Crippen molar-refractivity contribution < 1.29 is 9.59 Å². The fourth-order valence-electron chi connectivity index (χ4n) is 2.47. The van der Waals surface area contributed by atoms with Crippen LogP contribution in [0.3, 0.4) is 0 Å². The summed E-state index contributed by atoms with van der Waals surface area (Å²) in [7, 11) is 0. The Bertz CT molecular complexity index is 700. The highest BCUT2D eigenvalue weighted by molar-refractivity contribution is 7.15. The van der Waals surface area contributed by atoms with Gasteiger partial charge in [-0.15, -0.1) is 11.3 Å². The second-order valence-electron chi connectivity index (χ2n) is 5.20. The summed E-state index contributed by atoms with van der Waals surface area (Å²) >= 11 is 1.22. The summed E-state index contributed by atoms with van der Waals surface area (Å²) in [5.74, 6) is -0.159. The van der Waals surface area contributed by atoms with Crippen LogP contribution in [-0.2, 0) is 13.0 Å². The van der Waals surface area contributed by atoms with Gasteiger partial charge in [-0.3, -0.25) is 14.3 Å². The van der Waals surface area contributed by atoms with E-state index in [0.717, 1.165) is 17.8 Å². The number of ketones is 1. The summed E-state index contributed by atoms with van der Waals surface area (Å²) in [5, 5.41) is 7.37. The number of aryl methyl sites for hydroxylation is 1. The van der Waals surface area contributed by atoms with Gasteiger partial charge in [0.15, 0.2) is 5.78 Å². The number of carbonyl (C=O) groups is 2. The van der Waals surface area contributed by atoms with Crippen LogP contribution in [0.5, 0.6) is 0 Å². The zero-order valence-corrected chi connectivity index (χ0v) is 14.2. The van der Waals surface area contributed by atoms with Gasteiger partial charge in [-0.1, -0.05) is 6.92 Å². The highest BCUT2D eigenvalue weighted by Crippen LogP contribution is 2.17. The summed E-state index contributed by atoms with van der Waals surface area (Å²) in [6.07, 6.45) is 0.965. The fraction of sp³-hybridized carbons (Fsp3) is 0.438. The summed E-state index contributed by atoms with van der Waals surface area (Å²) in [6, 6.07) is 3.38. The SMILES string of the molecule is CCc1c(C)nn(CCNC(=O)c2ccc(C(C)=O)s2)c1C. The lowest BCUT2D eigenvalue weighted by Crippen LogP contribution is -2.27. The maximum absolute atomic E-state index is 12.0. The van der Waals surface area contributed by atoms with Crippen LogP contribution in [-0.4, -0.2) is 28.0 Å². The summed E-state index contributed by atoms with van der Waals surface area (Å²) in [6.45, 7) is 8.84. The van der Waals surface area contributed by atoms with Crippen LogP contribution < -0.4 is 5.32 Å². The van der Waals surface area contributed by atoms with E-state index in [1.807, 2.05) is 11.6 Å². The number of carbonyl (C=O) groups excluding carboxylic acids is 2. The van der Waals surface area contributed by atoms with E-state index in [1.54, 1.807) is 12.1 Å². The molecule has 2 aromatic rings. The van der Waals surface area contributed by atoms with Gasteiger partial charge in [0.05, 0.1) is 22.0 Å². The molecule has 0 bridgehead atoms. The first kappa shape index (κ1) is 16.4. The number of amides is 1. The van der Waals surface area contributed by atoms with Gasteiger partial charge in [0, 0.05) is 12.2 Å². The van der Waals surface area contributed by atoms with Crippen molar-refractivity contribution in [3.63, 3.8) is 0 Å². The van der Waals surface area contributed by atoms with Crippen LogP contribution in [0.15, 0.2) is 12.1 Å². The first-order chi connectivity index (χ1) is 10.4. The third kappa shape index (κ3) is 3.44. The van der Waals surface area contributed by atoms with E-state index in [2.05, 4.69) is 24.3 Å². The van der Waals surface area contributed by atoms with Crippen molar-refractivity contribution in [1.82, 2.24) is 15.1 Å². The van der Waals surface area contributed by atoms with E-state index in [4.69, 9.17) is 0 Å². The molecule has 0 unspecified atom stereocenters. The Hall–Kier alpha value is -1.95. The lowest BCUT2D eigenvalue weighted by atomic mass is 10.1. The summed E-state index contributed by atoms with van der Waals surface area (Å²) < 4.78 is 1.93. The average Bonchev–Trinajstić information content (AvgIpc) is 3.05. The molecule has 5 nitrogen and oxygen atoms in total. The summed E-state index contributed by atoms with van der Waals surface area (Å²) in [5.41, 5.74) is 3.48. The highest BCUT2D eigenvalue weighted by atomic mass is 32.1. The van der Waals surface area contributed by atoms with Crippen LogP contribution in [0.1, 0.15) is 50.1 Å². The molecule has 0 aromatic carbocycles. The predicted octanol–water partition coefficient (Wildman–Crippen LogP) is 2.76. The number of rotatable bonds is 6. The molecular weight excluding hydrogens is 298 g/mol. The molecule has 1 N–H and O–H groups in total. The smallest absolute Gasteiger partial charge is 0.261 e. The second kappa shape index (κ2) is 6.87. The van der Waals surface area contributed by atoms with E-state index in [1.165, 1.54) is 23.8 Å². The molecule has 0 spiro atoms. The van der Waals surface area contributed by atoms with E-state index in [-0.39, 0.29) is 11.7 Å². The van der Waals surface area contributed by atoms with Gasteiger partial charge in [-0.25, -0.2) is 0 Å². The van der Waals surface area contributed by atoms with Gasteiger partial charge in [0.25, 0.3) is 5.91 Å². The van der Waals surface area contributed by atoms with Crippen molar-refractivity contribution in [2.24, 2.45) is 0 Å². The van der Waals surface area contributed by atoms with Crippen LogP contribution >= 0.6 is 11.3 Å². The van der Waals surface area contributed by atoms with Crippen molar-refractivity contribution in [3.8, 4) is 0 Å². The minimum absolute atomic E-state index is 0.0150. The maximum atomic E-state index is 12.0. The Morgan fingerprint density at radius 1 is 1.27 bits per heavy atom. The van der Waals surface area contributed by atoms with Crippen molar-refractivity contribution in [2.45, 2.75) is 40.7 Å². The molecule has 2 rings (SSSR count). The highest BCUT2D eigenvalue weighted by Gasteiger charge is 2.12. The topological polar surface area (TPSA) is 64.0 Å². The molecule has 0 saturated carbocycles. The van der Waals surface area contributed by atoms with Crippen molar-refractivity contribution in [2.75, 3.05) is 6.54 Å². The quantitative estimate of drug-likeness (QED) is 0.833. The molecular formula is C16H21N3O2S. The number of Topliss-reactive ketones (excluding diaryl/α,β-unsaturated/α-hetero) is 1. The minimum Gasteiger partial charge on any atom is -0.349 e. The molecule has 0 aliphatic heterocycles. The standard InChI is InChI=1S/C16H21N3O2S/c1-5-13-10(2)18-19(11(13)3)9-8-17-16(21)15-7-6-14(22-15)12(4)20/h6-7H,5,8-9H2,1-4H3,(H,17,21). The first-order valence-electron chi connectivity index (χ1n) is 7.35. The number of nitrogens with zero attached hydrogens (tertiary/aromatic N) is 2. The van der Waals surface area contributed by atoms with Gasteiger partial charge in [0.2, 0.25) is 0 Å². The van der Waals surface area contributed by atoms with Gasteiger partial charge >= 0.3 is 0 Å². The van der Waals surface area contributed by atoms with Crippen molar-refractivity contribution >= 4 is 23.0 Å². The second-order valence-corrected chi connectivity index (χ2v) is 6.29. The van der Waals surface area contributed by atoms with E-state index >= 15 is 0 Å². The molecule has 1 amide bonds. The Kier molecular flexibility index (Phi) is 5.13. The molecule has 0 aliphatic carbocycles. The van der Waals surface area contributed by atoms with Crippen LogP contribution in [0.2, 0.25) is 0 Å². The third-order valence-corrected chi connectivity index (χ3v) is 4.86. The zero-order valence-electron chi connectivity index (χ0n) is 13.4. The number of hydrogen-bond donors (Lipinski definition) is 1. The Labute approximate surface area is 134 Å². The minimum atomic E-state index is -0.144. The number of nitrogens with one attached hydrogen (secondary N) is 1. The summed E-state index contributed by atoms with van der Waals surface area (Å²) in [4.78, 5) is 24.5. The Balaban J connectivity index is 1.93. The van der Waals surface area contributed by atoms with Crippen LogP contribution in [0.25, 0.3) is 0 Å². The average molecular weight is 319 g/mol. The zero-order chi connectivity index (χ0) is 16.3. The third-order valence-electron chi connectivity index (χ3n) is 3.67. The first-order valence-corrected chi connectivity index (χ1v) is 8.17. The van der Waals surface area contributed by atoms with Gasteiger partial charge in [0.1, 0.15) is 0 Å². The monoisotopic (exact) mass is 319 g/mol. The lowest BCUT2D eigenvalue weighted by Gasteiger charge is -2.06. The van der Waals surface area contributed by atoms with Crippen molar-refractivity contribution in [3.05, 3.63) is 38.8 Å². The Morgan fingerprint density at radius 2 is 1.95 bits per heavy atom. The van der Waals surface area contributed by atoms with Crippen molar-refractivity contribution in [1.29, 1.82) is 0 Å². The molecule has 0 fully saturated rings. The molecule has 118 valence electrons. The van der Waals surface area contributed by atoms with Crippen LogP contribution in [0, 0.1) is 13.8 Å². The van der Waals surface area contributed by atoms with E-state index in [9.17, 15) is 9.59 Å². The largest absolute Gasteiger partial charge is 0.349 e. The van der Waals surface area contributed by atoms with E-state index in [0.29, 0.717) is 22.8 Å². The molecule has 0 atom stereocenters. The molecule has 22 heavy (non-hydrogen) atoms.